The van der Waals surface area contributed by atoms with Crippen molar-refractivity contribution in [2.45, 2.75) is 32.2 Å². The number of urea groups is 1. The highest BCUT2D eigenvalue weighted by molar-refractivity contribution is 6.21. The van der Waals surface area contributed by atoms with Gasteiger partial charge >= 0.3 is 6.03 Å². The summed E-state index contributed by atoms with van der Waals surface area (Å²) in [5.41, 5.74) is 1.33. The van der Waals surface area contributed by atoms with Crippen LogP contribution in [0.3, 0.4) is 0 Å². The molecule has 2 aromatic rings. The van der Waals surface area contributed by atoms with E-state index in [9.17, 15) is 19.2 Å². The Balaban J connectivity index is 1.50. The Morgan fingerprint density at radius 3 is 1.90 bits per heavy atom. The summed E-state index contributed by atoms with van der Waals surface area (Å²) in [6.07, 6.45) is 0. The molecular weight excluding hydrogens is 382 g/mol. The lowest BCUT2D eigenvalue weighted by Gasteiger charge is -2.23. The molecule has 2 heterocycles. The standard InChI is InChI=1S/C23H23N3O4/c1-14(2)15-8-10-16(11-9-15)23(3)21(29)26(22(30)24-23)13-12-25-19(27)17-6-4-5-7-18(17)20(25)28/h4-11,14H,12-13H2,1-3H3,(H,24,30)/t23-/m0/s1. The Kier molecular flexibility index (Phi) is 4.68. The van der Waals surface area contributed by atoms with Gasteiger partial charge in [0.15, 0.2) is 0 Å². The van der Waals surface area contributed by atoms with E-state index in [1.54, 1.807) is 31.2 Å². The van der Waals surface area contributed by atoms with Gasteiger partial charge in [-0.05, 0) is 36.1 Å². The minimum absolute atomic E-state index is 0.0477. The molecule has 30 heavy (non-hydrogen) atoms. The molecule has 0 unspecified atom stereocenters. The van der Waals surface area contributed by atoms with Crippen molar-refractivity contribution in [2.24, 2.45) is 0 Å². The van der Waals surface area contributed by atoms with Crippen molar-refractivity contribution in [3.63, 3.8) is 0 Å². The zero-order chi connectivity index (χ0) is 21.6. The molecule has 0 aromatic heterocycles. The van der Waals surface area contributed by atoms with Crippen molar-refractivity contribution in [3.05, 3.63) is 70.8 Å². The first kappa shape index (κ1) is 19.8. The predicted molar refractivity (Wildman–Crippen MR) is 110 cm³/mol. The first-order valence-corrected chi connectivity index (χ1v) is 9.94. The molecule has 0 radical (unpaired) electrons. The molecule has 1 atom stereocenters. The van der Waals surface area contributed by atoms with E-state index in [2.05, 4.69) is 19.2 Å². The minimum atomic E-state index is -1.19. The lowest BCUT2D eigenvalue weighted by atomic mass is 9.90. The second-order valence-electron chi connectivity index (χ2n) is 8.10. The summed E-state index contributed by atoms with van der Waals surface area (Å²) in [4.78, 5) is 52.8. The smallest absolute Gasteiger partial charge is 0.319 e. The number of carbonyl (C=O) groups excluding carboxylic acids is 4. The van der Waals surface area contributed by atoms with Crippen LogP contribution in [0, 0.1) is 0 Å². The number of nitrogens with zero attached hydrogens (tertiary/aromatic N) is 2. The number of nitrogens with one attached hydrogen (secondary N) is 1. The summed E-state index contributed by atoms with van der Waals surface area (Å²) in [6.45, 7) is 5.73. The lowest BCUT2D eigenvalue weighted by molar-refractivity contribution is -0.131. The first-order chi connectivity index (χ1) is 14.2. The van der Waals surface area contributed by atoms with Gasteiger partial charge in [0.25, 0.3) is 17.7 Å². The molecule has 2 aromatic carbocycles. The van der Waals surface area contributed by atoms with Crippen LogP contribution < -0.4 is 5.32 Å². The molecule has 2 aliphatic heterocycles. The maximum absolute atomic E-state index is 13.1. The molecule has 154 valence electrons. The Hall–Kier alpha value is -3.48. The van der Waals surface area contributed by atoms with E-state index in [0.717, 1.165) is 15.4 Å². The predicted octanol–water partition coefficient (Wildman–Crippen LogP) is 2.87. The Labute approximate surface area is 174 Å². The van der Waals surface area contributed by atoms with E-state index >= 15 is 0 Å². The van der Waals surface area contributed by atoms with E-state index in [-0.39, 0.29) is 13.1 Å². The van der Waals surface area contributed by atoms with Gasteiger partial charge in [-0.15, -0.1) is 0 Å². The van der Waals surface area contributed by atoms with Crippen LogP contribution in [0.4, 0.5) is 4.79 Å². The number of benzene rings is 2. The third-order valence-electron chi connectivity index (χ3n) is 5.86. The van der Waals surface area contributed by atoms with Gasteiger partial charge < -0.3 is 5.32 Å². The summed E-state index contributed by atoms with van der Waals surface area (Å²) in [5, 5.41) is 2.76. The Bertz CT molecular complexity index is 1030. The molecule has 5 amide bonds. The van der Waals surface area contributed by atoms with Crippen LogP contribution in [-0.4, -0.2) is 46.6 Å². The fraction of sp³-hybridized carbons (Fsp3) is 0.304. The number of fused-ring (bicyclic) bond motifs is 1. The molecule has 7 nitrogen and oxygen atoms in total. The Morgan fingerprint density at radius 2 is 1.37 bits per heavy atom. The SMILES string of the molecule is CC(C)c1ccc([C@]2(C)NC(=O)N(CCN3C(=O)c4ccccc4C3=O)C2=O)cc1. The van der Waals surface area contributed by atoms with Crippen LogP contribution in [0.2, 0.25) is 0 Å². The molecule has 0 bridgehead atoms. The van der Waals surface area contributed by atoms with Crippen LogP contribution in [0.15, 0.2) is 48.5 Å². The van der Waals surface area contributed by atoms with Gasteiger partial charge in [-0.3, -0.25) is 24.2 Å². The summed E-state index contributed by atoms with van der Waals surface area (Å²) >= 11 is 0. The largest absolute Gasteiger partial charge is 0.325 e. The van der Waals surface area contributed by atoms with Crippen LogP contribution in [0.5, 0.6) is 0 Å². The molecule has 1 fully saturated rings. The van der Waals surface area contributed by atoms with Crippen molar-refractivity contribution in [1.29, 1.82) is 0 Å². The molecule has 1 N–H and O–H groups in total. The second-order valence-corrected chi connectivity index (χ2v) is 8.10. The topological polar surface area (TPSA) is 86.8 Å². The van der Waals surface area contributed by atoms with E-state index in [1.165, 1.54) is 0 Å². The summed E-state index contributed by atoms with van der Waals surface area (Å²) in [7, 11) is 0. The average Bonchev–Trinajstić information content (AvgIpc) is 3.11. The van der Waals surface area contributed by atoms with Gasteiger partial charge in [-0.25, -0.2) is 4.79 Å². The third-order valence-corrected chi connectivity index (χ3v) is 5.86. The van der Waals surface area contributed by atoms with E-state index < -0.39 is 29.3 Å². The van der Waals surface area contributed by atoms with Gasteiger partial charge in [-0.2, -0.15) is 0 Å². The zero-order valence-corrected chi connectivity index (χ0v) is 17.1. The Morgan fingerprint density at radius 1 is 0.833 bits per heavy atom. The number of amides is 5. The van der Waals surface area contributed by atoms with Crippen molar-refractivity contribution >= 4 is 23.8 Å². The second kappa shape index (κ2) is 7.09. The summed E-state index contributed by atoms with van der Waals surface area (Å²) < 4.78 is 0. The molecule has 7 heteroatoms. The number of carbonyl (C=O) groups is 4. The first-order valence-electron chi connectivity index (χ1n) is 9.94. The zero-order valence-electron chi connectivity index (χ0n) is 17.1. The van der Waals surface area contributed by atoms with E-state index in [1.807, 2.05) is 24.3 Å². The normalized spacial score (nSPS) is 20.9. The quantitative estimate of drug-likeness (QED) is 0.612. The van der Waals surface area contributed by atoms with E-state index in [4.69, 9.17) is 0 Å². The van der Waals surface area contributed by atoms with Gasteiger partial charge in [0.2, 0.25) is 0 Å². The number of imide groups is 2. The number of rotatable bonds is 5. The maximum atomic E-state index is 13.1. The fourth-order valence-electron chi connectivity index (χ4n) is 3.94. The minimum Gasteiger partial charge on any atom is -0.319 e. The van der Waals surface area contributed by atoms with Crippen LogP contribution in [-0.2, 0) is 10.3 Å². The monoisotopic (exact) mass is 405 g/mol. The third kappa shape index (κ3) is 2.98. The van der Waals surface area contributed by atoms with Crippen LogP contribution >= 0.6 is 0 Å². The molecule has 1 saturated heterocycles. The van der Waals surface area contributed by atoms with Gasteiger partial charge in [0.05, 0.1) is 11.1 Å². The van der Waals surface area contributed by atoms with Crippen molar-refractivity contribution < 1.29 is 19.2 Å². The van der Waals surface area contributed by atoms with Crippen molar-refractivity contribution in [1.82, 2.24) is 15.1 Å². The van der Waals surface area contributed by atoms with Gasteiger partial charge in [0, 0.05) is 13.1 Å². The summed E-state index contributed by atoms with van der Waals surface area (Å²) in [5.74, 6) is -0.859. The molecular formula is C23H23N3O4. The van der Waals surface area contributed by atoms with Gasteiger partial charge in [-0.1, -0.05) is 50.2 Å². The van der Waals surface area contributed by atoms with Crippen LogP contribution in [0.1, 0.15) is 58.5 Å². The highest BCUT2D eigenvalue weighted by atomic mass is 16.2. The van der Waals surface area contributed by atoms with Crippen molar-refractivity contribution in [3.8, 4) is 0 Å². The molecule has 0 aliphatic carbocycles. The number of hydrogen-bond acceptors (Lipinski definition) is 4. The maximum Gasteiger partial charge on any atom is 0.325 e. The molecule has 0 saturated carbocycles. The van der Waals surface area contributed by atoms with Crippen molar-refractivity contribution in [2.75, 3.05) is 13.1 Å². The molecule has 2 aliphatic rings. The molecule has 0 spiro atoms. The highest BCUT2D eigenvalue weighted by Gasteiger charge is 2.49. The highest BCUT2D eigenvalue weighted by Crippen LogP contribution is 2.30. The van der Waals surface area contributed by atoms with E-state index in [0.29, 0.717) is 22.6 Å². The molecule has 4 rings (SSSR count). The fourth-order valence-corrected chi connectivity index (χ4v) is 3.94. The average molecular weight is 405 g/mol. The number of hydrogen-bond donors (Lipinski definition) is 1. The van der Waals surface area contributed by atoms with Crippen LogP contribution in [0.25, 0.3) is 0 Å². The van der Waals surface area contributed by atoms with Gasteiger partial charge in [0.1, 0.15) is 5.54 Å². The lowest BCUT2D eigenvalue weighted by Crippen LogP contribution is -2.43. The summed E-state index contributed by atoms with van der Waals surface area (Å²) in [6, 6.07) is 13.7.